The second kappa shape index (κ2) is 2.84. The van der Waals surface area contributed by atoms with Crippen LogP contribution in [0.5, 0.6) is 0 Å². The summed E-state index contributed by atoms with van der Waals surface area (Å²) < 4.78 is 0. The van der Waals surface area contributed by atoms with Crippen LogP contribution in [0, 0.1) is 0 Å². The number of carbonyl (C=O) groups is 1. The molecule has 0 aromatic carbocycles. The predicted molar refractivity (Wildman–Crippen MR) is 53.2 cm³/mol. The van der Waals surface area contributed by atoms with Crippen LogP contribution < -0.4 is 5.32 Å². The van der Waals surface area contributed by atoms with Gasteiger partial charge in [-0.15, -0.1) is 6.58 Å². The van der Waals surface area contributed by atoms with E-state index in [2.05, 4.69) is 16.8 Å². The average Bonchev–Trinajstić information content (AvgIpc) is 2.10. The first-order chi connectivity index (χ1) is 5.82. The van der Waals surface area contributed by atoms with Gasteiger partial charge in [-0.3, -0.25) is 9.69 Å². The fourth-order valence-corrected chi connectivity index (χ4v) is 1.91. The molecular formula is C10H18N2O. The van der Waals surface area contributed by atoms with E-state index < -0.39 is 5.54 Å². The lowest BCUT2D eigenvalue weighted by molar-refractivity contribution is -0.124. The number of nitrogens with zero attached hydrogens (tertiary/aromatic N) is 1. The highest BCUT2D eigenvalue weighted by molar-refractivity contribution is 5.88. The van der Waals surface area contributed by atoms with E-state index in [1.54, 1.807) is 0 Å². The van der Waals surface area contributed by atoms with Gasteiger partial charge in [-0.1, -0.05) is 6.08 Å². The monoisotopic (exact) mass is 182 g/mol. The maximum atomic E-state index is 11.6. The van der Waals surface area contributed by atoms with E-state index in [0.717, 1.165) is 6.54 Å². The zero-order chi connectivity index (χ0) is 10.3. The van der Waals surface area contributed by atoms with Gasteiger partial charge in [0.25, 0.3) is 0 Å². The van der Waals surface area contributed by atoms with Crippen LogP contribution in [0.1, 0.15) is 27.7 Å². The summed E-state index contributed by atoms with van der Waals surface area (Å²) in [5, 5.41) is 2.96. The molecule has 13 heavy (non-hydrogen) atoms. The minimum Gasteiger partial charge on any atom is -0.337 e. The molecule has 74 valence electrons. The molecule has 1 amide bonds. The van der Waals surface area contributed by atoms with Gasteiger partial charge in [0.2, 0.25) is 5.91 Å². The lowest BCUT2D eigenvalue weighted by atomic mass is 10.0. The van der Waals surface area contributed by atoms with Gasteiger partial charge in [0.15, 0.2) is 0 Å². The first kappa shape index (κ1) is 10.3. The molecule has 0 spiro atoms. The van der Waals surface area contributed by atoms with Crippen LogP contribution in [0.4, 0.5) is 0 Å². The van der Waals surface area contributed by atoms with Crippen molar-refractivity contribution in [3.8, 4) is 0 Å². The van der Waals surface area contributed by atoms with Gasteiger partial charge in [0.05, 0.1) is 11.2 Å². The molecule has 0 bridgehead atoms. The van der Waals surface area contributed by atoms with Crippen molar-refractivity contribution in [2.75, 3.05) is 6.54 Å². The van der Waals surface area contributed by atoms with Crippen LogP contribution in [0.3, 0.4) is 0 Å². The summed E-state index contributed by atoms with van der Waals surface area (Å²) in [4.78, 5) is 13.7. The minimum atomic E-state index is -0.433. The molecule has 0 aromatic heterocycles. The van der Waals surface area contributed by atoms with Crippen LogP contribution in [0.25, 0.3) is 0 Å². The maximum Gasteiger partial charge on any atom is 0.241 e. The van der Waals surface area contributed by atoms with Gasteiger partial charge in [0, 0.05) is 6.54 Å². The molecule has 0 saturated carbocycles. The SMILES string of the molecule is C=CCN1C(C)(C)NC(=O)C1(C)C. The molecule has 1 rings (SSSR count). The van der Waals surface area contributed by atoms with Gasteiger partial charge in [-0.05, 0) is 27.7 Å². The molecule has 1 saturated heterocycles. The Bertz CT molecular complexity index is 243. The van der Waals surface area contributed by atoms with E-state index in [1.807, 2.05) is 33.8 Å². The summed E-state index contributed by atoms with van der Waals surface area (Å²) in [7, 11) is 0. The number of amides is 1. The van der Waals surface area contributed by atoms with Crippen molar-refractivity contribution in [2.24, 2.45) is 0 Å². The highest BCUT2D eigenvalue weighted by Crippen LogP contribution is 2.29. The number of nitrogens with one attached hydrogen (secondary N) is 1. The van der Waals surface area contributed by atoms with E-state index >= 15 is 0 Å². The third kappa shape index (κ3) is 1.48. The minimum absolute atomic E-state index is 0.0827. The molecule has 1 aliphatic heterocycles. The fraction of sp³-hybridized carbons (Fsp3) is 0.700. The Morgan fingerprint density at radius 3 is 2.31 bits per heavy atom. The normalized spacial score (nSPS) is 25.7. The highest BCUT2D eigenvalue weighted by Gasteiger charge is 2.49. The molecule has 3 heteroatoms. The molecule has 0 aliphatic carbocycles. The van der Waals surface area contributed by atoms with E-state index in [9.17, 15) is 4.79 Å². The Morgan fingerprint density at radius 1 is 1.46 bits per heavy atom. The summed E-state index contributed by atoms with van der Waals surface area (Å²) >= 11 is 0. The van der Waals surface area contributed by atoms with Crippen molar-refractivity contribution in [1.29, 1.82) is 0 Å². The third-order valence-corrected chi connectivity index (χ3v) is 2.64. The van der Waals surface area contributed by atoms with Crippen molar-refractivity contribution in [3.05, 3.63) is 12.7 Å². The lowest BCUT2D eigenvalue weighted by Gasteiger charge is -2.36. The second-order valence-electron chi connectivity index (χ2n) is 4.47. The fourth-order valence-electron chi connectivity index (χ4n) is 1.91. The molecule has 1 fully saturated rings. The number of hydrogen-bond acceptors (Lipinski definition) is 2. The van der Waals surface area contributed by atoms with Crippen LogP contribution in [-0.2, 0) is 4.79 Å². The lowest BCUT2D eigenvalue weighted by Crippen LogP contribution is -2.51. The van der Waals surface area contributed by atoms with Crippen LogP contribution in [0.15, 0.2) is 12.7 Å². The van der Waals surface area contributed by atoms with E-state index in [4.69, 9.17) is 0 Å². The van der Waals surface area contributed by atoms with Crippen LogP contribution in [0.2, 0.25) is 0 Å². The van der Waals surface area contributed by atoms with Gasteiger partial charge >= 0.3 is 0 Å². The van der Waals surface area contributed by atoms with Gasteiger partial charge in [0.1, 0.15) is 0 Å². The number of rotatable bonds is 2. The summed E-state index contributed by atoms with van der Waals surface area (Å²) in [6.45, 7) is 12.3. The molecule has 0 aromatic rings. The van der Waals surface area contributed by atoms with Crippen LogP contribution >= 0.6 is 0 Å². The Kier molecular flexibility index (Phi) is 2.24. The Hall–Kier alpha value is -0.830. The molecule has 0 unspecified atom stereocenters. The molecule has 1 aliphatic rings. The molecule has 1 heterocycles. The first-order valence-electron chi connectivity index (χ1n) is 4.53. The van der Waals surface area contributed by atoms with Crippen molar-refractivity contribution in [2.45, 2.75) is 38.9 Å². The number of carbonyl (C=O) groups excluding carboxylic acids is 1. The zero-order valence-electron chi connectivity index (χ0n) is 8.85. The zero-order valence-corrected chi connectivity index (χ0v) is 8.85. The summed E-state index contributed by atoms with van der Waals surface area (Å²) in [6, 6.07) is 0. The molecule has 0 radical (unpaired) electrons. The highest BCUT2D eigenvalue weighted by atomic mass is 16.2. The smallest absolute Gasteiger partial charge is 0.241 e. The Balaban J connectivity index is 2.99. The quantitative estimate of drug-likeness (QED) is 0.649. The maximum absolute atomic E-state index is 11.6. The third-order valence-electron chi connectivity index (χ3n) is 2.64. The van der Waals surface area contributed by atoms with Crippen molar-refractivity contribution >= 4 is 5.91 Å². The predicted octanol–water partition coefficient (Wildman–Crippen LogP) is 1.12. The largest absolute Gasteiger partial charge is 0.337 e. The standard InChI is InChI=1S/C10H18N2O/c1-6-7-12-9(2,3)8(13)11-10(12,4)5/h6H,1,7H2,2-5H3,(H,11,13). The molecule has 0 atom stereocenters. The van der Waals surface area contributed by atoms with E-state index in [1.165, 1.54) is 0 Å². The topological polar surface area (TPSA) is 32.3 Å². The molecular weight excluding hydrogens is 164 g/mol. The van der Waals surface area contributed by atoms with Gasteiger partial charge < -0.3 is 5.32 Å². The van der Waals surface area contributed by atoms with Gasteiger partial charge in [-0.2, -0.15) is 0 Å². The van der Waals surface area contributed by atoms with E-state index in [0.29, 0.717) is 0 Å². The van der Waals surface area contributed by atoms with Gasteiger partial charge in [-0.25, -0.2) is 0 Å². The van der Waals surface area contributed by atoms with Crippen molar-refractivity contribution in [1.82, 2.24) is 10.2 Å². The van der Waals surface area contributed by atoms with E-state index in [-0.39, 0.29) is 11.6 Å². The van der Waals surface area contributed by atoms with Crippen LogP contribution in [-0.4, -0.2) is 28.6 Å². The molecule has 3 nitrogen and oxygen atoms in total. The Labute approximate surface area is 79.8 Å². The summed E-state index contributed by atoms with van der Waals surface area (Å²) in [5.74, 6) is 0.0827. The summed E-state index contributed by atoms with van der Waals surface area (Å²) in [6.07, 6.45) is 1.82. The number of hydrogen-bond donors (Lipinski definition) is 1. The van der Waals surface area contributed by atoms with Crippen molar-refractivity contribution in [3.63, 3.8) is 0 Å². The summed E-state index contributed by atoms with van der Waals surface area (Å²) in [5.41, 5.74) is -0.702. The van der Waals surface area contributed by atoms with Crippen molar-refractivity contribution < 1.29 is 4.79 Å². The second-order valence-corrected chi connectivity index (χ2v) is 4.47. The Morgan fingerprint density at radius 2 is 2.00 bits per heavy atom. The average molecular weight is 182 g/mol. The molecule has 1 N–H and O–H groups in total. The first-order valence-corrected chi connectivity index (χ1v) is 4.53.